The van der Waals surface area contributed by atoms with Crippen LogP contribution in [0, 0.1) is 0 Å². The van der Waals surface area contributed by atoms with Gasteiger partial charge in [0.15, 0.2) is 0 Å². The minimum absolute atomic E-state index is 0.0293. The van der Waals surface area contributed by atoms with E-state index in [4.69, 9.17) is 0 Å². The summed E-state index contributed by atoms with van der Waals surface area (Å²) in [6.45, 7) is 1.83. The fraction of sp³-hybridized carbons (Fsp3) is 0.125. The number of hydrogen-bond donors (Lipinski definition) is 0. The second-order valence-electron chi connectivity index (χ2n) is 4.05. The second-order valence-corrected chi connectivity index (χ2v) is 4.05. The lowest BCUT2D eigenvalue weighted by Crippen LogP contribution is -2.24. The van der Waals surface area contributed by atoms with E-state index in [9.17, 15) is 4.79 Å². The highest BCUT2D eigenvalue weighted by atomic mass is 16.2. The van der Waals surface area contributed by atoms with Crippen molar-refractivity contribution >= 4 is 17.8 Å². The van der Waals surface area contributed by atoms with Crippen LogP contribution in [0.2, 0.25) is 0 Å². The molecule has 0 saturated heterocycles. The number of benzene rings is 2. The zero-order valence-corrected chi connectivity index (χ0v) is 10.9. The number of carbonyl (C=O) groups excluding carboxylic acids is 1. The molecule has 0 atom stereocenters. The molecule has 0 heterocycles. The van der Waals surface area contributed by atoms with Crippen LogP contribution >= 0.6 is 0 Å². The third-order valence-electron chi connectivity index (χ3n) is 2.66. The third kappa shape index (κ3) is 3.52. The molecule has 3 nitrogen and oxygen atoms in total. The molecule has 0 spiro atoms. The Morgan fingerprint density at radius 3 is 2.21 bits per heavy atom. The maximum Gasteiger partial charge on any atom is 0.247 e. The molecule has 0 fully saturated rings. The Bertz CT molecular complexity index is 549. The maximum absolute atomic E-state index is 11.9. The Balaban J connectivity index is 2.25. The molecule has 0 aromatic heterocycles. The van der Waals surface area contributed by atoms with E-state index >= 15 is 0 Å². The number of rotatable bonds is 4. The molecule has 0 saturated carbocycles. The van der Waals surface area contributed by atoms with Crippen molar-refractivity contribution in [1.29, 1.82) is 0 Å². The van der Waals surface area contributed by atoms with Crippen LogP contribution in [0.25, 0.3) is 0 Å². The van der Waals surface area contributed by atoms with Gasteiger partial charge in [0.2, 0.25) is 5.91 Å². The van der Waals surface area contributed by atoms with E-state index < -0.39 is 0 Å². The average Bonchev–Trinajstić information content (AvgIpc) is 2.49. The Morgan fingerprint density at radius 2 is 1.63 bits per heavy atom. The average molecular weight is 252 g/mol. The summed E-state index contributed by atoms with van der Waals surface area (Å²) in [6, 6.07) is 19.2. The summed E-state index contributed by atoms with van der Waals surface area (Å²) in [5.41, 5.74) is 1.74. The molecule has 0 aliphatic carbocycles. The number of hydrazone groups is 1. The van der Waals surface area contributed by atoms with Gasteiger partial charge in [-0.05, 0) is 17.7 Å². The highest BCUT2D eigenvalue weighted by Crippen LogP contribution is 2.15. The lowest BCUT2D eigenvalue weighted by atomic mass is 10.2. The van der Waals surface area contributed by atoms with E-state index in [1.807, 2.05) is 67.6 Å². The van der Waals surface area contributed by atoms with Gasteiger partial charge in [-0.2, -0.15) is 5.10 Å². The second kappa shape index (κ2) is 6.50. The van der Waals surface area contributed by atoms with E-state index in [-0.39, 0.29) is 5.91 Å². The van der Waals surface area contributed by atoms with Crippen LogP contribution in [0.1, 0.15) is 18.9 Å². The van der Waals surface area contributed by atoms with Gasteiger partial charge in [0.1, 0.15) is 0 Å². The number of para-hydroxylation sites is 1. The summed E-state index contributed by atoms with van der Waals surface area (Å²) in [5, 5.41) is 5.73. The lowest BCUT2D eigenvalue weighted by molar-refractivity contribution is -0.118. The molecule has 96 valence electrons. The van der Waals surface area contributed by atoms with Crippen LogP contribution in [0.4, 0.5) is 5.69 Å². The molecule has 0 bridgehead atoms. The molecule has 19 heavy (non-hydrogen) atoms. The van der Waals surface area contributed by atoms with Crippen LogP contribution in [-0.2, 0) is 4.79 Å². The summed E-state index contributed by atoms with van der Waals surface area (Å²) < 4.78 is 0. The zero-order chi connectivity index (χ0) is 13.5. The minimum Gasteiger partial charge on any atom is -0.273 e. The quantitative estimate of drug-likeness (QED) is 0.606. The molecule has 0 unspecified atom stereocenters. The standard InChI is InChI=1S/C16H16N2O/c1-2-16(19)18(15-11-7-4-8-12-15)17-13-14-9-5-3-6-10-14/h3-13H,2H2,1H3. The van der Waals surface area contributed by atoms with Gasteiger partial charge in [0, 0.05) is 6.42 Å². The summed E-state index contributed by atoms with van der Waals surface area (Å²) in [6.07, 6.45) is 2.11. The van der Waals surface area contributed by atoms with Gasteiger partial charge >= 0.3 is 0 Å². The molecule has 2 aromatic carbocycles. The first-order valence-corrected chi connectivity index (χ1v) is 6.28. The number of anilines is 1. The van der Waals surface area contributed by atoms with Crippen molar-refractivity contribution in [2.45, 2.75) is 13.3 Å². The van der Waals surface area contributed by atoms with Crippen molar-refractivity contribution in [2.24, 2.45) is 5.10 Å². The van der Waals surface area contributed by atoms with Gasteiger partial charge in [-0.3, -0.25) is 4.79 Å². The molecule has 1 amide bonds. The highest BCUT2D eigenvalue weighted by molar-refractivity contribution is 5.94. The van der Waals surface area contributed by atoms with Crippen molar-refractivity contribution in [1.82, 2.24) is 0 Å². The fourth-order valence-corrected chi connectivity index (χ4v) is 1.66. The Hall–Kier alpha value is -2.42. The largest absolute Gasteiger partial charge is 0.273 e. The van der Waals surface area contributed by atoms with Crippen LogP contribution < -0.4 is 5.01 Å². The summed E-state index contributed by atoms with van der Waals surface area (Å²) in [7, 11) is 0. The van der Waals surface area contributed by atoms with Gasteiger partial charge in [-0.15, -0.1) is 0 Å². The van der Waals surface area contributed by atoms with E-state index in [0.717, 1.165) is 11.3 Å². The molecular weight excluding hydrogens is 236 g/mol. The molecule has 0 radical (unpaired) electrons. The van der Waals surface area contributed by atoms with E-state index in [2.05, 4.69) is 5.10 Å². The maximum atomic E-state index is 11.9. The highest BCUT2D eigenvalue weighted by Gasteiger charge is 2.11. The summed E-state index contributed by atoms with van der Waals surface area (Å²) in [5.74, 6) is -0.0293. The number of hydrogen-bond acceptors (Lipinski definition) is 2. The molecule has 0 aliphatic heterocycles. The number of carbonyl (C=O) groups is 1. The summed E-state index contributed by atoms with van der Waals surface area (Å²) >= 11 is 0. The van der Waals surface area contributed by atoms with Crippen LogP contribution in [0.3, 0.4) is 0 Å². The van der Waals surface area contributed by atoms with E-state index in [0.29, 0.717) is 6.42 Å². The van der Waals surface area contributed by atoms with Crippen molar-refractivity contribution in [3.05, 3.63) is 66.2 Å². The molecular formula is C16H16N2O. The summed E-state index contributed by atoms with van der Waals surface area (Å²) in [4.78, 5) is 11.9. The molecule has 0 aliphatic rings. The normalized spacial score (nSPS) is 10.6. The van der Waals surface area contributed by atoms with Crippen molar-refractivity contribution in [3.63, 3.8) is 0 Å². The predicted octanol–water partition coefficient (Wildman–Crippen LogP) is 3.46. The van der Waals surface area contributed by atoms with Crippen molar-refractivity contribution < 1.29 is 4.79 Å². The van der Waals surface area contributed by atoms with Gasteiger partial charge < -0.3 is 0 Å². The lowest BCUT2D eigenvalue weighted by Gasteiger charge is -2.16. The Morgan fingerprint density at radius 1 is 1.05 bits per heavy atom. The topological polar surface area (TPSA) is 32.7 Å². The number of nitrogens with zero attached hydrogens (tertiary/aromatic N) is 2. The fourth-order valence-electron chi connectivity index (χ4n) is 1.66. The van der Waals surface area contributed by atoms with Gasteiger partial charge in [0.25, 0.3) is 0 Å². The number of amides is 1. The smallest absolute Gasteiger partial charge is 0.247 e. The third-order valence-corrected chi connectivity index (χ3v) is 2.66. The zero-order valence-electron chi connectivity index (χ0n) is 10.9. The van der Waals surface area contributed by atoms with Crippen molar-refractivity contribution in [2.75, 3.05) is 5.01 Å². The Kier molecular flexibility index (Phi) is 4.45. The first kappa shape index (κ1) is 13.0. The molecule has 2 aromatic rings. The monoisotopic (exact) mass is 252 g/mol. The van der Waals surface area contributed by atoms with Crippen molar-refractivity contribution in [3.8, 4) is 0 Å². The Labute approximate surface area is 113 Å². The first-order chi connectivity index (χ1) is 9.31. The van der Waals surface area contributed by atoms with Gasteiger partial charge in [0.05, 0.1) is 11.9 Å². The van der Waals surface area contributed by atoms with Gasteiger partial charge in [-0.25, -0.2) is 5.01 Å². The molecule has 2 rings (SSSR count). The van der Waals surface area contributed by atoms with Crippen LogP contribution in [0.5, 0.6) is 0 Å². The van der Waals surface area contributed by atoms with E-state index in [1.54, 1.807) is 6.21 Å². The van der Waals surface area contributed by atoms with Crippen LogP contribution in [0.15, 0.2) is 65.8 Å². The SMILES string of the molecule is CCC(=O)N(N=Cc1ccccc1)c1ccccc1. The first-order valence-electron chi connectivity index (χ1n) is 6.28. The minimum atomic E-state index is -0.0293. The van der Waals surface area contributed by atoms with E-state index in [1.165, 1.54) is 5.01 Å². The predicted molar refractivity (Wildman–Crippen MR) is 78.3 cm³/mol. The molecule has 0 N–H and O–H groups in total. The van der Waals surface area contributed by atoms with Gasteiger partial charge in [-0.1, -0.05) is 55.5 Å². The molecule has 3 heteroatoms. The van der Waals surface area contributed by atoms with Crippen LogP contribution in [-0.4, -0.2) is 12.1 Å².